The Morgan fingerprint density at radius 1 is 1.39 bits per heavy atom. The van der Waals surface area contributed by atoms with Crippen molar-refractivity contribution in [3.63, 3.8) is 0 Å². The van der Waals surface area contributed by atoms with Gasteiger partial charge < -0.3 is 10.4 Å². The van der Waals surface area contributed by atoms with Crippen LogP contribution in [0.4, 0.5) is 5.69 Å². The minimum Gasteiger partial charge on any atom is -0.478 e. The summed E-state index contributed by atoms with van der Waals surface area (Å²) in [5.41, 5.74) is 0.256. The summed E-state index contributed by atoms with van der Waals surface area (Å²) in [6.07, 6.45) is 1.24. The molecule has 0 bridgehead atoms. The van der Waals surface area contributed by atoms with Crippen LogP contribution in [0.25, 0.3) is 0 Å². The lowest BCUT2D eigenvalue weighted by Crippen LogP contribution is -2.15. The quantitative estimate of drug-likeness (QED) is 0.796. The van der Waals surface area contributed by atoms with Gasteiger partial charge in [0.05, 0.1) is 17.4 Å². The maximum absolute atomic E-state index is 11.7. The van der Waals surface area contributed by atoms with Crippen molar-refractivity contribution < 1.29 is 14.7 Å². The number of benzene rings is 1. The molecular weight excluding hydrogens is 304 g/mol. The molecule has 0 saturated heterocycles. The Bertz CT molecular complexity index is 597. The van der Waals surface area contributed by atoms with E-state index in [1.54, 1.807) is 6.07 Å². The van der Waals surface area contributed by atoms with E-state index in [-0.39, 0.29) is 16.9 Å². The summed E-state index contributed by atoms with van der Waals surface area (Å²) in [5, 5.41) is 20.9. The Balaban J connectivity index is 2.31. The number of carbonyl (C=O) groups is 2. The molecule has 0 aliphatic carbocycles. The molecular formula is C10H7BrN4O3. The topological polar surface area (TPSA) is 108 Å². The molecule has 7 nitrogen and oxygen atoms in total. The summed E-state index contributed by atoms with van der Waals surface area (Å²) in [4.78, 5) is 22.7. The number of nitrogens with zero attached hydrogens (tertiary/aromatic N) is 2. The van der Waals surface area contributed by atoms with Crippen molar-refractivity contribution in [2.75, 3.05) is 5.32 Å². The number of hydrogen-bond donors (Lipinski definition) is 3. The standard InChI is InChI=1S/C10H7BrN4O3/c11-5-1-2-6(10(17)18)7(3-5)13-9(16)8-4-12-15-14-8/h1-4H,(H,13,16)(H,17,18)(H,12,14,15). The third kappa shape index (κ3) is 2.54. The zero-order valence-corrected chi connectivity index (χ0v) is 10.4. The highest BCUT2D eigenvalue weighted by atomic mass is 79.9. The van der Waals surface area contributed by atoms with Crippen molar-refractivity contribution in [2.24, 2.45) is 0 Å². The molecule has 0 atom stereocenters. The first-order valence-electron chi connectivity index (χ1n) is 4.78. The zero-order chi connectivity index (χ0) is 13.1. The van der Waals surface area contributed by atoms with E-state index < -0.39 is 11.9 Å². The van der Waals surface area contributed by atoms with Gasteiger partial charge in [-0.3, -0.25) is 4.79 Å². The molecule has 1 aromatic carbocycles. The lowest BCUT2D eigenvalue weighted by molar-refractivity contribution is 0.0698. The van der Waals surface area contributed by atoms with Crippen molar-refractivity contribution in [3.8, 4) is 0 Å². The van der Waals surface area contributed by atoms with Gasteiger partial charge in [0.2, 0.25) is 0 Å². The van der Waals surface area contributed by atoms with Crippen LogP contribution in [0, 0.1) is 0 Å². The molecule has 0 fully saturated rings. The number of aromatic carboxylic acids is 1. The van der Waals surface area contributed by atoms with Gasteiger partial charge in [0.25, 0.3) is 5.91 Å². The van der Waals surface area contributed by atoms with Crippen LogP contribution in [0.1, 0.15) is 20.8 Å². The molecule has 2 aromatic rings. The van der Waals surface area contributed by atoms with E-state index in [1.165, 1.54) is 18.3 Å². The molecule has 1 amide bonds. The van der Waals surface area contributed by atoms with Crippen LogP contribution in [0.5, 0.6) is 0 Å². The molecule has 0 unspecified atom stereocenters. The summed E-state index contributed by atoms with van der Waals surface area (Å²) in [5.74, 6) is -1.66. The van der Waals surface area contributed by atoms with Crippen LogP contribution >= 0.6 is 15.9 Å². The fourth-order valence-corrected chi connectivity index (χ4v) is 1.66. The van der Waals surface area contributed by atoms with Gasteiger partial charge in [-0.2, -0.15) is 15.4 Å². The molecule has 1 heterocycles. The number of carbonyl (C=O) groups excluding carboxylic acids is 1. The Morgan fingerprint density at radius 2 is 2.17 bits per heavy atom. The third-order valence-corrected chi connectivity index (χ3v) is 2.60. The molecule has 2 rings (SSSR count). The first-order chi connectivity index (χ1) is 8.58. The average Bonchev–Trinajstić information content (AvgIpc) is 2.81. The maximum atomic E-state index is 11.7. The Hall–Kier alpha value is -2.22. The van der Waals surface area contributed by atoms with Gasteiger partial charge in [-0.15, -0.1) is 0 Å². The number of H-pyrrole nitrogens is 1. The number of amides is 1. The summed E-state index contributed by atoms with van der Waals surface area (Å²) < 4.78 is 0.656. The molecule has 3 N–H and O–H groups in total. The predicted molar refractivity (Wildman–Crippen MR) is 65.4 cm³/mol. The van der Waals surface area contributed by atoms with E-state index in [0.29, 0.717) is 4.47 Å². The van der Waals surface area contributed by atoms with Crippen molar-refractivity contribution in [1.29, 1.82) is 0 Å². The predicted octanol–water partition coefficient (Wildman–Crippen LogP) is 1.52. The number of anilines is 1. The number of aromatic amines is 1. The summed E-state index contributed by atoms with van der Waals surface area (Å²) in [6, 6.07) is 4.47. The highest BCUT2D eigenvalue weighted by Crippen LogP contribution is 2.22. The number of aromatic nitrogens is 3. The molecule has 18 heavy (non-hydrogen) atoms. The molecule has 92 valence electrons. The first kappa shape index (κ1) is 12.2. The lowest BCUT2D eigenvalue weighted by atomic mass is 10.2. The second kappa shape index (κ2) is 4.96. The van der Waals surface area contributed by atoms with Crippen LogP contribution in [-0.4, -0.2) is 32.4 Å². The number of nitrogens with one attached hydrogen (secondary N) is 2. The van der Waals surface area contributed by atoms with E-state index in [1.807, 2.05) is 0 Å². The van der Waals surface area contributed by atoms with Gasteiger partial charge in [0.1, 0.15) is 0 Å². The lowest BCUT2D eigenvalue weighted by Gasteiger charge is -2.07. The minimum absolute atomic E-state index is 0.00459. The number of carboxylic acids is 1. The number of carboxylic acid groups (broad SMARTS) is 1. The summed E-state index contributed by atoms with van der Waals surface area (Å²) in [7, 11) is 0. The van der Waals surface area contributed by atoms with Crippen molar-refractivity contribution in [2.45, 2.75) is 0 Å². The molecule has 0 saturated carbocycles. The number of hydrogen-bond acceptors (Lipinski definition) is 4. The van der Waals surface area contributed by atoms with E-state index >= 15 is 0 Å². The fourth-order valence-electron chi connectivity index (χ4n) is 1.30. The number of rotatable bonds is 3. The van der Waals surface area contributed by atoms with Crippen LogP contribution < -0.4 is 5.32 Å². The Labute approximate surface area is 109 Å². The van der Waals surface area contributed by atoms with Gasteiger partial charge in [-0.25, -0.2) is 4.79 Å². The van der Waals surface area contributed by atoms with E-state index in [0.717, 1.165) is 0 Å². The Morgan fingerprint density at radius 3 is 2.78 bits per heavy atom. The van der Waals surface area contributed by atoms with Crippen LogP contribution in [0.15, 0.2) is 28.9 Å². The van der Waals surface area contributed by atoms with Crippen LogP contribution in [0.2, 0.25) is 0 Å². The Kier molecular flexibility index (Phi) is 3.38. The maximum Gasteiger partial charge on any atom is 0.337 e. The smallest absolute Gasteiger partial charge is 0.337 e. The highest BCUT2D eigenvalue weighted by Gasteiger charge is 2.15. The molecule has 0 aliphatic heterocycles. The van der Waals surface area contributed by atoms with Gasteiger partial charge >= 0.3 is 5.97 Å². The zero-order valence-electron chi connectivity index (χ0n) is 8.85. The highest BCUT2D eigenvalue weighted by molar-refractivity contribution is 9.10. The van der Waals surface area contributed by atoms with E-state index in [9.17, 15) is 9.59 Å². The average molecular weight is 311 g/mol. The normalized spacial score (nSPS) is 10.1. The van der Waals surface area contributed by atoms with Gasteiger partial charge in [0.15, 0.2) is 5.69 Å². The monoisotopic (exact) mass is 310 g/mol. The second-order valence-electron chi connectivity index (χ2n) is 3.30. The molecule has 0 spiro atoms. The van der Waals surface area contributed by atoms with Gasteiger partial charge in [0, 0.05) is 4.47 Å². The van der Waals surface area contributed by atoms with Crippen LogP contribution in [-0.2, 0) is 0 Å². The first-order valence-corrected chi connectivity index (χ1v) is 5.57. The van der Waals surface area contributed by atoms with Crippen LogP contribution in [0.3, 0.4) is 0 Å². The summed E-state index contributed by atoms with van der Waals surface area (Å²) in [6.45, 7) is 0. The van der Waals surface area contributed by atoms with Gasteiger partial charge in [-0.1, -0.05) is 15.9 Å². The fraction of sp³-hybridized carbons (Fsp3) is 0. The molecule has 0 radical (unpaired) electrons. The van der Waals surface area contributed by atoms with E-state index in [4.69, 9.17) is 5.11 Å². The summed E-state index contributed by atoms with van der Waals surface area (Å²) >= 11 is 3.21. The molecule has 8 heteroatoms. The number of halogens is 1. The minimum atomic E-state index is -1.13. The molecule has 0 aliphatic rings. The second-order valence-corrected chi connectivity index (χ2v) is 4.22. The van der Waals surface area contributed by atoms with Crippen molar-refractivity contribution in [1.82, 2.24) is 15.4 Å². The van der Waals surface area contributed by atoms with Crippen molar-refractivity contribution >= 4 is 33.5 Å². The van der Waals surface area contributed by atoms with Gasteiger partial charge in [-0.05, 0) is 18.2 Å². The SMILES string of the molecule is O=C(Nc1cc(Br)ccc1C(=O)O)c1cn[nH]n1. The van der Waals surface area contributed by atoms with E-state index in [2.05, 4.69) is 36.7 Å². The molecule has 1 aromatic heterocycles. The largest absolute Gasteiger partial charge is 0.478 e. The van der Waals surface area contributed by atoms with Crippen molar-refractivity contribution in [3.05, 3.63) is 40.1 Å². The third-order valence-electron chi connectivity index (χ3n) is 2.11.